The molecule has 1 N–H and O–H groups in total. The van der Waals surface area contributed by atoms with Gasteiger partial charge in [0.05, 0.1) is 5.75 Å². The third-order valence-electron chi connectivity index (χ3n) is 2.54. The number of aryl methyl sites for hydroxylation is 1. The third kappa shape index (κ3) is 4.36. The molecule has 2 rings (SSSR count). The molecule has 0 aliphatic rings. The van der Waals surface area contributed by atoms with Gasteiger partial charge in [-0.25, -0.2) is 4.98 Å². The monoisotopic (exact) mass is 292 g/mol. The number of carbonyl (C=O) groups excluding carboxylic acids is 1. The van der Waals surface area contributed by atoms with Gasteiger partial charge in [0.25, 0.3) is 0 Å². The minimum atomic E-state index is 0.00366. The molecular weight excluding hydrogens is 276 g/mol. The Hall–Kier alpha value is -1.33. The summed E-state index contributed by atoms with van der Waals surface area (Å²) in [7, 11) is 0. The summed E-state index contributed by atoms with van der Waals surface area (Å²) in [5.41, 5.74) is 2.53. The van der Waals surface area contributed by atoms with E-state index < -0.39 is 0 Å². The fourth-order valence-electron chi connectivity index (χ4n) is 1.76. The zero-order chi connectivity index (χ0) is 13.7. The van der Waals surface area contributed by atoms with Gasteiger partial charge in [0.15, 0.2) is 5.13 Å². The van der Waals surface area contributed by atoms with Crippen LogP contribution in [0.2, 0.25) is 0 Å². The van der Waals surface area contributed by atoms with E-state index in [9.17, 15) is 4.79 Å². The second-order valence-electron chi connectivity index (χ2n) is 4.28. The van der Waals surface area contributed by atoms with Crippen molar-refractivity contribution in [2.24, 2.45) is 0 Å². The molecule has 19 heavy (non-hydrogen) atoms. The average molecular weight is 292 g/mol. The molecule has 1 aromatic carbocycles. The molecule has 0 aliphatic heterocycles. The second-order valence-corrected chi connectivity index (χ2v) is 6.26. The quantitative estimate of drug-likeness (QED) is 0.919. The molecule has 0 saturated heterocycles. The standard InChI is InChI=1S/C14H16N2OS2/c1-10-4-3-5-11(6-10)7-12-8-15-14(19-12)16-13(17)9-18-2/h3-6,8H,7,9H2,1-2H3,(H,15,16,17). The maximum Gasteiger partial charge on any atom is 0.236 e. The van der Waals surface area contributed by atoms with Gasteiger partial charge >= 0.3 is 0 Å². The van der Waals surface area contributed by atoms with E-state index in [-0.39, 0.29) is 5.91 Å². The van der Waals surface area contributed by atoms with E-state index in [1.807, 2.05) is 12.5 Å². The lowest BCUT2D eigenvalue weighted by Gasteiger charge is -2.00. The summed E-state index contributed by atoms with van der Waals surface area (Å²) < 4.78 is 0. The van der Waals surface area contributed by atoms with E-state index in [2.05, 4.69) is 41.5 Å². The number of aromatic nitrogens is 1. The number of carbonyl (C=O) groups is 1. The highest BCUT2D eigenvalue weighted by Crippen LogP contribution is 2.21. The van der Waals surface area contributed by atoms with Crippen LogP contribution in [0.4, 0.5) is 5.13 Å². The van der Waals surface area contributed by atoms with Crippen LogP contribution in [0.15, 0.2) is 30.5 Å². The molecule has 0 spiro atoms. The normalized spacial score (nSPS) is 10.4. The van der Waals surface area contributed by atoms with Gasteiger partial charge in [-0.05, 0) is 18.7 Å². The first kappa shape index (κ1) is 14.1. The van der Waals surface area contributed by atoms with Crippen LogP contribution in [-0.4, -0.2) is 22.9 Å². The lowest BCUT2D eigenvalue weighted by Crippen LogP contribution is -2.13. The number of thioether (sulfide) groups is 1. The lowest BCUT2D eigenvalue weighted by molar-refractivity contribution is -0.113. The highest BCUT2D eigenvalue weighted by Gasteiger charge is 2.06. The Labute approximate surface area is 121 Å². The zero-order valence-electron chi connectivity index (χ0n) is 11.0. The van der Waals surface area contributed by atoms with Crippen molar-refractivity contribution in [1.82, 2.24) is 4.98 Å². The van der Waals surface area contributed by atoms with Gasteiger partial charge in [-0.2, -0.15) is 11.8 Å². The maximum atomic E-state index is 11.5. The van der Waals surface area contributed by atoms with E-state index in [0.717, 1.165) is 11.3 Å². The van der Waals surface area contributed by atoms with E-state index in [0.29, 0.717) is 10.9 Å². The number of nitrogens with one attached hydrogen (secondary N) is 1. The molecule has 1 amide bonds. The van der Waals surface area contributed by atoms with Crippen molar-refractivity contribution in [3.63, 3.8) is 0 Å². The Kier molecular flexibility index (Phi) is 4.99. The van der Waals surface area contributed by atoms with Gasteiger partial charge in [0.1, 0.15) is 0 Å². The van der Waals surface area contributed by atoms with Gasteiger partial charge in [-0.3, -0.25) is 4.79 Å². The Morgan fingerprint density at radius 2 is 2.32 bits per heavy atom. The van der Waals surface area contributed by atoms with Gasteiger partial charge in [-0.15, -0.1) is 11.3 Å². The number of benzene rings is 1. The molecule has 5 heteroatoms. The molecule has 0 unspecified atom stereocenters. The molecule has 0 fully saturated rings. The lowest BCUT2D eigenvalue weighted by atomic mass is 10.1. The fourth-order valence-corrected chi connectivity index (χ4v) is 2.95. The third-order valence-corrected chi connectivity index (χ3v) is 4.00. The first-order valence-electron chi connectivity index (χ1n) is 5.96. The Bertz CT molecular complexity index is 566. The van der Waals surface area contributed by atoms with Gasteiger partial charge in [0, 0.05) is 17.5 Å². The summed E-state index contributed by atoms with van der Waals surface area (Å²) in [6.07, 6.45) is 4.60. The molecule has 100 valence electrons. The van der Waals surface area contributed by atoms with Crippen LogP contribution in [0, 0.1) is 6.92 Å². The number of hydrogen-bond donors (Lipinski definition) is 1. The summed E-state index contributed by atoms with van der Waals surface area (Å²) in [5, 5.41) is 3.49. The summed E-state index contributed by atoms with van der Waals surface area (Å²) >= 11 is 3.04. The number of thiazole rings is 1. The molecule has 1 heterocycles. The van der Waals surface area contributed by atoms with Crippen LogP contribution in [0.1, 0.15) is 16.0 Å². The van der Waals surface area contributed by atoms with Crippen LogP contribution < -0.4 is 5.32 Å². The number of amides is 1. The second kappa shape index (κ2) is 6.73. The summed E-state index contributed by atoms with van der Waals surface area (Å²) in [6.45, 7) is 2.09. The van der Waals surface area contributed by atoms with Crippen molar-refractivity contribution in [3.8, 4) is 0 Å². The summed E-state index contributed by atoms with van der Waals surface area (Å²) in [4.78, 5) is 16.9. The largest absolute Gasteiger partial charge is 0.301 e. The van der Waals surface area contributed by atoms with Crippen molar-refractivity contribution < 1.29 is 4.79 Å². The number of nitrogens with zero attached hydrogens (tertiary/aromatic N) is 1. The van der Waals surface area contributed by atoms with Crippen molar-refractivity contribution in [1.29, 1.82) is 0 Å². The molecule has 0 bridgehead atoms. The molecular formula is C14H16N2OS2. The molecule has 0 aliphatic carbocycles. The summed E-state index contributed by atoms with van der Waals surface area (Å²) in [5.74, 6) is 0.469. The highest BCUT2D eigenvalue weighted by atomic mass is 32.2. The highest BCUT2D eigenvalue weighted by molar-refractivity contribution is 7.99. The first-order valence-corrected chi connectivity index (χ1v) is 8.17. The molecule has 0 saturated carbocycles. The van der Waals surface area contributed by atoms with Crippen LogP contribution in [0.25, 0.3) is 0 Å². The molecule has 0 atom stereocenters. The number of anilines is 1. The molecule has 2 aromatic rings. The van der Waals surface area contributed by atoms with Crippen LogP contribution >= 0.6 is 23.1 Å². The number of hydrogen-bond acceptors (Lipinski definition) is 4. The predicted octanol–water partition coefficient (Wildman–Crippen LogP) is 3.34. The topological polar surface area (TPSA) is 42.0 Å². The van der Waals surface area contributed by atoms with Crippen molar-refractivity contribution >= 4 is 34.1 Å². The van der Waals surface area contributed by atoms with Crippen LogP contribution in [-0.2, 0) is 11.2 Å². The number of rotatable bonds is 5. The smallest absolute Gasteiger partial charge is 0.236 e. The fraction of sp³-hybridized carbons (Fsp3) is 0.286. The molecule has 3 nitrogen and oxygen atoms in total. The molecule has 1 aromatic heterocycles. The molecule has 0 radical (unpaired) electrons. The SMILES string of the molecule is CSCC(=O)Nc1ncc(Cc2cccc(C)c2)s1. The average Bonchev–Trinajstić information content (AvgIpc) is 2.76. The zero-order valence-corrected chi connectivity index (χ0v) is 12.6. The van der Waals surface area contributed by atoms with Crippen molar-refractivity contribution in [2.45, 2.75) is 13.3 Å². The van der Waals surface area contributed by atoms with E-state index in [1.54, 1.807) is 0 Å². The first-order chi connectivity index (χ1) is 9.17. The van der Waals surface area contributed by atoms with E-state index in [1.165, 1.54) is 34.2 Å². The Balaban J connectivity index is 1.99. The van der Waals surface area contributed by atoms with Crippen molar-refractivity contribution in [3.05, 3.63) is 46.5 Å². The minimum Gasteiger partial charge on any atom is -0.301 e. The predicted molar refractivity (Wildman–Crippen MR) is 83.1 cm³/mol. The van der Waals surface area contributed by atoms with E-state index in [4.69, 9.17) is 0 Å². The Morgan fingerprint density at radius 1 is 1.47 bits per heavy atom. The van der Waals surface area contributed by atoms with E-state index >= 15 is 0 Å². The van der Waals surface area contributed by atoms with Crippen molar-refractivity contribution in [2.75, 3.05) is 17.3 Å². The van der Waals surface area contributed by atoms with Gasteiger partial charge in [0.2, 0.25) is 5.91 Å². The summed E-state index contributed by atoms with van der Waals surface area (Å²) in [6, 6.07) is 8.43. The maximum absolute atomic E-state index is 11.5. The van der Waals surface area contributed by atoms with Crippen LogP contribution in [0.3, 0.4) is 0 Å². The van der Waals surface area contributed by atoms with Gasteiger partial charge < -0.3 is 5.32 Å². The Morgan fingerprint density at radius 3 is 3.05 bits per heavy atom. The minimum absolute atomic E-state index is 0.00366. The van der Waals surface area contributed by atoms with Gasteiger partial charge in [-0.1, -0.05) is 29.8 Å². The van der Waals surface area contributed by atoms with Crippen LogP contribution in [0.5, 0.6) is 0 Å².